The van der Waals surface area contributed by atoms with Crippen molar-refractivity contribution in [1.29, 1.82) is 0 Å². The molecule has 0 unspecified atom stereocenters. The second kappa shape index (κ2) is 7.36. The van der Waals surface area contributed by atoms with Gasteiger partial charge in [0.25, 0.3) is 5.89 Å². The van der Waals surface area contributed by atoms with Crippen LogP contribution in [0.25, 0.3) is 22.5 Å². The summed E-state index contributed by atoms with van der Waals surface area (Å²) in [6.45, 7) is 1.78. The van der Waals surface area contributed by atoms with E-state index in [4.69, 9.17) is 20.8 Å². The Labute approximate surface area is 165 Å². The van der Waals surface area contributed by atoms with Gasteiger partial charge in [-0.05, 0) is 30.3 Å². The first kappa shape index (κ1) is 18.1. The zero-order chi connectivity index (χ0) is 19.7. The number of fused-ring (bicyclic) bond motifs is 1. The van der Waals surface area contributed by atoms with Gasteiger partial charge in [-0.1, -0.05) is 29.8 Å². The van der Waals surface area contributed by atoms with Gasteiger partial charge in [-0.25, -0.2) is 0 Å². The average molecular weight is 397 g/mol. The van der Waals surface area contributed by atoms with E-state index < -0.39 is 0 Å². The van der Waals surface area contributed by atoms with E-state index in [2.05, 4.69) is 15.5 Å². The predicted molar refractivity (Wildman–Crippen MR) is 107 cm³/mol. The van der Waals surface area contributed by atoms with Crippen molar-refractivity contribution in [1.82, 2.24) is 14.8 Å². The molecule has 0 saturated carbocycles. The van der Waals surface area contributed by atoms with E-state index in [1.165, 1.54) is 7.11 Å². The molecule has 8 heteroatoms. The Morgan fingerprint density at radius 3 is 2.79 bits per heavy atom. The number of carbonyl (C=O) groups excluding carboxylic acids is 1. The van der Waals surface area contributed by atoms with Gasteiger partial charge in [0.1, 0.15) is 18.0 Å². The van der Waals surface area contributed by atoms with Gasteiger partial charge >= 0.3 is 0 Å². The second-order valence-electron chi connectivity index (χ2n) is 6.19. The number of benzene rings is 2. The number of amides is 1. The lowest BCUT2D eigenvalue weighted by Crippen LogP contribution is -2.19. The Morgan fingerprint density at radius 1 is 1.21 bits per heavy atom. The maximum atomic E-state index is 12.8. The number of nitrogens with one attached hydrogen (secondary N) is 1. The maximum Gasteiger partial charge on any atom is 0.264 e. The summed E-state index contributed by atoms with van der Waals surface area (Å²) in [6.07, 6.45) is 0. The summed E-state index contributed by atoms with van der Waals surface area (Å²) in [6, 6.07) is 14.7. The minimum atomic E-state index is -0.237. The van der Waals surface area contributed by atoms with Gasteiger partial charge in [0.05, 0.1) is 12.8 Å². The summed E-state index contributed by atoms with van der Waals surface area (Å²) < 4.78 is 12.7. The summed E-state index contributed by atoms with van der Waals surface area (Å²) >= 11 is 6.05. The van der Waals surface area contributed by atoms with Crippen LogP contribution in [0.1, 0.15) is 5.89 Å². The molecule has 0 aliphatic heterocycles. The predicted octanol–water partition coefficient (Wildman–Crippen LogP) is 4.30. The number of aromatic nitrogens is 3. The van der Waals surface area contributed by atoms with Crippen LogP contribution in [-0.2, 0) is 11.3 Å². The highest BCUT2D eigenvalue weighted by molar-refractivity contribution is 6.31. The zero-order valence-electron chi connectivity index (χ0n) is 15.3. The van der Waals surface area contributed by atoms with E-state index in [0.29, 0.717) is 33.9 Å². The molecule has 0 saturated heterocycles. The van der Waals surface area contributed by atoms with Crippen molar-refractivity contribution in [3.05, 3.63) is 59.4 Å². The van der Waals surface area contributed by atoms with Crippen LogP contribution in [0.4, 0.5) is 5.69 Å². The third-order valence-electron chi connectivity index (χ3n) is 4.29. The van der Waals surface area contributed by atoms with Crippen LogP contribution in [0.15, 0.2) is 52.9 Å². The Bertz CT molecular complexity index is 1170. The molecular weight excluding hydrogens is 380 g/mol. The summed E-state index contributed by atoms with van der Waals surface area (Å²) in [7, 11) is 1.54. The van der Waals surface area contributed by atoms with Gasteiger partial charge in [-0.3, -0.25) is 4.79 Å². The van der Waals surface area contributed by atoms with Crippen LogP contribution in [0, 0.1) is 6.92 Å². The van der Waals surface area contributed by atoms with Gasteiger partial charge < -0.3 is 19.0 Å². The molecule has 4 aromatic rings. The maximum absolute atomic E-state index is 12.8. The molecule has 142 valence electrons. The van der Waals surface area contributed by atoms with E-state index in [9.17, 15) is 4.79 Å². The molecule has 0 aliphatic carbocycles. The van der Waals surface area contributed by atoms with Gasteiger partial charge in [0.15, 0.2) is 0 Å². The normalized spacial score (nSPS) is 11.0. The van der Waals surface area contributed by atoms with Crippen molar-refractivity contribution in [2.45, 2.75) is 13.5 Å². The second-order valence-corrected chi connectivity index (χ2v) is 6.63. The number of halogens is 1. The summed E-state index contributed by atoms with van der Waals surface area (Å²) in [5.74, 6) is 1.11. The minimum absolute atomic E-state index is 0.0555. The minimum Gasteiger partial charge on any atom is -0.495 e. The van der Waals surface area contributed by atoms with E-state index in [-0.39, 0.29) is 12.5 Å². The molecule has 0 radical (unpaired) electrons. The first-order valence-corrected chi connectivity index (χ1v) is 8.95. The zero-order valence-corrected chi connectivity index (χ0v) is 16.0. The Balaban J connectivity index is 1.69. The van der Waals surface area contributed by atoms with E-state index >= 15 is 0 Å². The van der Waals surface area contributed by atoms with Crippen LogP contribution in [0.5, 0.6) is 5.75 Å². The highest BCUT2D eigenvalue weighted by Crippen LogP contribution is 2.29. The molecule has 28 heavy (non-hydrogen) atoms. The first-order valence-electron chi connectivity index (χ1n) is 8.57. The van der Waals surface area contributed by atoms with Gasteiger partial charge in [0, 0.05) is 22.8 Å². The van der Waals surface area contributed by atoms with E-state index in [0.717, 1.165) is 10.9 Å². The molecule has 0 atom stereocenters. The molecule has 7 nitrogen and oxygen atoms in total. The smallest absolute Gasteiger partial charge is 0.264 e. The van der Waals surface area contributed by atoms with Crippen molar-refractivity contribution in [2.24, 2.45) is 0 Å². The number of ether oxygens (including phenoxy) is 1. The highest BCUT2D eigenvalue weighted by atomic mass is 35.5. The molecule has 4 rings (SSSR count). The fourth-order valence-corrected chi connectivity index (χ4v) is 3.24. The lowest BCUT2D eigenvalue weighted by atomic mass is 10.2. The number of para-hydroxylation sites is 1. The number of anilines is 1. The topological polar surface area (TPSA) is 82.2 Å². The van der Waals surface area contributed by atoms with E-state index in [1.807, 2.05) is 34.9 Å². The van der Waals surface area contributed by atoms with Crippen molar-refractivity contribution in [2.75, 3.05) is 12.4 Å². The molecule has 0 fully saturated rings. The molecule has 2 aromatic heterocycles. The van der Waals surface area contributed by atoms with Crippen LogP contribution >= 0.6 is 11.6 Å². The van der Waals surface area contributed by atoms with Crippen LogP contribution in [-0.4, -0.2) is 27.8 Å². The van der Waals surface area contributed by atoms with Crippen LogP contribution < -0.4 is 10.1 Å². The fraction of sp³-hybridized carbons (Fsp3) is 0.150. The van der Waals surface area contributed by atoms with Gasteiger partial charge in [-0.15, -0.1) is 10.2 Å². The van der Waals surface area contributed by atoms with Crippen molar-refractivity contribution in [3.63, 3.8) is 0 Å². The molecule has 0 aliphatic rings. The number of aryl methyl sites for hydroxylation is 1. The van der Waals surface area contributed by atoms with Crippen molar-refractivity contribution >= 4 is 34.1 Å². The first-order chi connectivity index (χ1) is 13.5. The summed E-state index contributed by atoms with van der Waals surface area (Å²) in [5.41, 5.74) is 2.07. The number of hydrogen-bond acceptors (Lipinski definition) is 5. The number of nitrogens with zero attached hydrogens (tertiary/aromatic N) is 3. The van der Waals surface area contributed by atoms with E-state index in [1.54, 1.807) is 25.1 Å². The lowest BCUT2D eigenvalue weighted by Gasteiger charge is -2.12. The molecule has 2 aromatic carbocycles. The number of hydrogen-bond donors (Lipinski definition) is 1. The Hall–Kier alpha value is -3.32. The molecule has 0 spiro atoms. The number of carbonyl (C=O) groups is 1. The number of methoxy groups -OCH3 is 1. The quantitative estimate of drug-likeness (QED) is 0.543. The average Bonchev–Trinajstić information content (AvgIpc) is 3.26. The largest absolute Gasteiger partial charge is 0.495 e. The SMILES string of the molecule is COc1ccc(Cl)cc1NC(=O)Cn1c(-c2nnc(C)o2)cc2ccccc21. The molecule has 2 heterocycles. The van der Waals surface area contributed by atoms with Crippen LogP contribution in [0.2, 0.25) is 5.02 Å². The lowest BCUT2D eigenvalue weighted by molar-refractivity contribution is -0.116. The third-order valence-corrected chi connectivity index (χ3v) is 4.53. The van der Waals surface area contributed by atoms with Gasteiger partial charge in [0.2, 0.25) is 11.8 Å². The fourth-order valence-electron chi connectivity index (χ4n) is 3.07. The van der Waals surface area contributed by atoms with Crippen molar-refractivity contribution < 1.29 is 13.9 Å². The highest BCUT2D eigenvalue weighted by Gasteiger charge is 2.18. The molecule has 1 N–H and O–H groups in total. The molecular formula is C20H17ClN4O3. The summed E-state index contributed by atoms with van der Waals surface area (Å²) in [4.78, 5) is 12.8. The monoisotopic (exact) mass is 396 g/mol. The number of rotatable bonds is 5. The molecule has 1 amide bonds. The summed E-state index contributed by atoms with van der Waals surface area (Å²) in [5, 5.41) is 12.3. The molecule has 0 bridgehead atoms. The standard InChI is InChI=1S/C20H17ClN4O3/c1-12-23-24-20(28-12)17-9-13-5-3-4-6-16(13)25(17)11-19(26)22-15-10-14(21)7-8-18(15)27-2/h3-10H,11H2,1-2H3,(H,22,26). The third kappa shape index (κ3) is 3.44. The van der Waals surface area contributed by atoms with Crippen molar-refractivity contribution in [3.8, 4) is 17.3 Å². The Kier molecular flexibility index (Phi) is 4.75. The van der Waals surface area contributed by atoms with Crippen LogP contribution in [0.3, 0.4) is 0 Å². The van der Waals surface area contributed by atoms with Gasteiger partial charge in [-0.2, -0.15) is 0 Å². The Morgan fingerprint density at radius 2 is 2.04 bits per heavy atom.